The number of anilines is 1. The van der Waals surface area contributed by atoms with Crippen molar-refractivity contribution >= 4 is 28.6 Å². The fraction of sp³-hybridized carbons (Fsp3) is 0.111. The number of hydrogen-bond acceptors (Lipinski definition) is 5. The van der Waals surface area contributed by atoms with Gasteiger partial charge in [0.15, 0.2) is 11.5 Å². The summed E-state index contributed by atoms with van der Waals surface area (Å²) in [5.74, 6) is 0.956. The van der Waals surface area contributed by atoms with Gasteiger partial charge in [0.1, 0.15) is 22.3 Å². The Kier molecular flexibility index (Phi) is 4.22. The standard InChI is InChI=1S/C18H14ClFN6/c1-10-6-21-17(13-8-23-18-15(13)25-14(19)9-24-18)26-16(10)22-7-11-2-4-12(20)5-3-11/h2-6,8-9H,7H2,1H3,(H,23,24)(H,21,22,26). The van der Waals surface area contributed by atoms with Crippen molar-refractivity contribution in [2.75, 3.05) is 5.32 Å². The van der Waals surface area contributed by atoms with Gasteiger partial charge in [-0.1, -0.05) is 23.7 Å². The zero-order valence-electron chi connectivity index (χ0n) is 13.8. The predicted octanol–water partition coefficient (Wildman–Crippen LogP) is 4.13. The lowest BCUT2D eigenvalue weighted by atomic mass is 10.2. The van der Waals surface area contributed by atoms with E-state index in [0.717, 1.165) is 16.7 Å². The summed E-state index contributed by atoms with van der Waals surface area (Å²) in [6.45, 7) is 2.44. The fourth-order valence-corrected chi connectivity index (χ4v) is 2.71. The molecule has 0 unspecified atom stereocenters. The van der Waals surface area contributed by atoms with Gasteiger partial charge in [-0.25, -0.2) is 24.3 Å². The van der Waals surface area contributed by atoms with Gasteiger partial charge in [-0.15, -0.1) is 0 Å². The van der Waals surface area contributed by atoms with Crippen LogP contribution in [0.4, 0.5) is 10.2 Å². The van der Waals surface area contributed by atoms with E-state index < -0.39 is 0 Å². The molecule has 3 heterocycles. The summed E-state index contributed by atoms with van der Waals surface area (Å²) in [5.41, 5.74) is 3.82. The van der Waals surface area contributed by atoms with Gasteiger partial charge in [-0.05, 0) is 24.6 Å². The van der Waals surface area contributed by atoms with Crippen LogP contribution in [-0.2, 0) is 6.54 Å². The average Bonchev–Trinajstić information content (AvgIpc) is 3.05. The van der Waals surface area contributed by atoms with Crippen LogP contribution in [-0.4, -0.2) is 24.9 Å². The number of nitrogens with one attached hydrogen (secondary N) is 2. The van der Waals surface area contributed by atoms with E-state index in [9.17, 15) is 4.39 Å². The van der Waals surface area contributed by atoms with Gasteiger partial charge in [0.25, 0.3) is 0 Å². The van der Waals surface area contributed by atoms with Crippen molar-refractivity contribution < 1.29 is 4.39 Å². The minimum Gasteiger partial charge on any atom is -0.366 e. The summed E-state index contributed by atoms with van der Waals surface area (Å²) in [6.07, 6.45) is 4.98. The van der Waals surface area contributed by atoms with Crippen LogP contribution in [0.1, 0.15) is 11.1 Å². The van der Waals surface area contributed by atoms with Crippen molar-refractivity contribution in [2.24, 2.45) is 0 Å². The van der Waals surface area contributed by atoms with Crippen molar-refractivity contribution in [2.45, 2.75) is 13.5 Å². The lowest BCUT2D eigenvalue weighted by Gasteiger charge is -2.10. The van der Waals surface area contributed by atoms with Crippen LogP contribution in [0.5, 0.6) is 0 Å². The van der Waals surface area contributed by atoms with E-state index in [2.05, 4.69) is 30.2 Å². The maximum Gasteiger partial charge on any atom is 0.165 e. The van der Waals surface area contributed by atoms with Gasteiger partial charge in [0, 0.05) is 24.5 Å². The third-order valence-corrected chi connectivity index (χ3v) is 4.12. The van der Waals surface area contributed by atoms with E-state index >= 15 is 0 Å². The Labute approximate surface area is 153 Å². The second kappa shape index (κ2) is 6.68. The Morgan fingerprint density at radius 3 is 2.73 bits per heavy atom. The number of aryl methyl sites for hydroxylation is 1. The van der Waals surface area contributed by atoms with Gasteiger partial charge in [-0.2, -0.15) is 0 Å². The fourth-order valence-electron chi connectivity index (χ4n) is 2.58. The lowest BCUT2D eigenvalue weighted by molar-refractivity contribution is 0.627. The van der Waals surface area contributed by atoms with Gasteiger partial charge in [-0.3, -0.25) is 0 Å². The molecule has 0 bridgehead atoms. The molecular formula is C18H14ClFN6. The first-order valence-electron chi connectivity index (χ1n) is 7.92. The summed E-state index contributed by atoms with van der Waals surface area (Å²) in [7, 11) is 0. The van der Waals surface area contributed by atoms with E-state index in [0.29, 0.717) is 34.5 Å². The average molecular weight is 369 g/mol. The Hall–Kier alpha value is -3.06. The molecule has 0 fully saturated rings. The Bertz CT molecular complexity index is 1080. The van der Waals surface area contributed by atoms with Crippen LogP contribution >= 0.6 is 11.6 Å². The van der Waals surface area contributed by atoms with Crippen LogP contribution in [0.15, 0.2) is 42.9 Å². The highest BCUT2D eigenvalue weighted by Crippen LogP contribution is 2.26. The molecule has 0 atom stereocenters. The predicted molar refractivity (Wildman–Crippen MR) is 98.4 cm³/mol. The first-order valence-corrected chi connectivity index (χ1v) is 8.30. The van der Waals surface area contributed by atoms with Gasteiger partial charge >= 0.3 is 0 Å². The zero-order chi connectivity index (χ0) is 18.1. The van der Waals surface area contributed by atoms with E-state index in [4.69, 9.17) is 11.6 Å². The SMILES string of the molecule is Cc1cnc(-c2c[nH]c3ncc(Cl)nc23)nc1NCc1ccc(F)cc1. The molecule has 0 radical (unpaired) electrons. The number of H-pyrrole nitrogens is 1. The van der Waals surface area contributed by atoms with E-state index in [1.807, 2.05) is 6.92 Å². The molecule has 4 rings (SSSR count). The van der Waals surface area contributed by atoms with E-state index in [1.165, 1.54) is 18.3 Å². The molecule has 8 heteroatoms. The normalized spacial score (nSPS) is 11.0. The molecule has 0 saturated carbocycles. The van der Waals surface area contributed by atoms with Crippen molar-refractivity contribution in [3.05, 3.63) is 65.0 Å². The molecule has 0 aliphatic rings. The molecule has 0 spiro atoms. The number of fused-ring (bicyclic) bond motifs is 1. The van der Waals surface area contributed by atoms with Crippen LogP contribution in [0.25, 0.3) is 22.6 Å². The Morgan fingerprint density at radius 2 is 1.92 bits per heavy atom. The number of halogens is 2. The first kappa shape index (κ1) is 16.4. The molecular weight excluding hydrogens is 355 g/mol. The molecule has 0 amide bonds. The largest absolute Gasteiger partial charge is 0.366 e. The minimum absolute atomic E-state index is 0.256. The zero-order valence-corrected chi connectivity index (χ0v) is 14.5. The first-order chi connectivity index (χ1) is 12.6. The van der Waals surface area contributed by atoms with Gasteiger partial charge in [0.2, 0.25) is 0 Å². The quantitative estimate of drug-likeness (QED) is 0.566. The molecule has 0 saturated heterocycles. The highest BCUT2D eigenvalue weighted by molar-refractivity contribution is 6.29. The van der Waals surface area contributed by atoms with E-state index in [-0.39, 0.29) is 5.82 Å². The number of aromatic amines is 1. The van der Waals surface area contributed by atoms with Crippen molar-refractivity contribution in [1.82, 2.24) is 24.9 Å². The third kappa shape index (κ3) is 3.21. The van der Waals surface area contributed by atoms with Crippen LogP contribution in [0.2, 0.25) is 5.15 Å². The topological polar surface area (TPSA) is 79.4 Å². The minimum atomic E-state index is -0.256. The van der Waals surface area contributed by atoms with Crippen molar-refractivity contribution in [3.8, 4) is 11.4 Å². The van der Waals surface area contributed by atoms with Crippen LogP contribution < -0.4 is 5.32 Å². The summed E-state index contributed by atoms with van der Waals surface area (Å²) in [4.78, 5) is 20.5. The second-order valence-corrected chi connectivity index (χ2v) is 6.18. The van der Waals surface area contributed by atoms with E-state index in [1.54, 1.807) is 24.5 Å². The molecule has 6 nitrogen and oxygen atoms in total. The number of benzene rings is 1. The Morgan fingerprint density at radius 1 is 1.12 bits per heavy atom. The second-order valence-electron chi connectivity index (χ2n) is 5.80. The highest BCUT2D eigenvalue weighted by atomic mass is 35.5. The monoisotopic (exact) mass is 368 g/mol. The van der Waals surface area contributed by atoms with Crippen molar-refractivity contribution in [3.63, 3.8) is 0 Å². The molecule has 2 N–H and O–H groups in total. The van der Waals surface area contributed by atoms with Crippen molar-refractivity contribution in [1.29, 1.82) is 0 Å². The molecule has 0 aliphatic carbocycles. The maximum absolute atomic E-state index is 13.0. The maximum atomic E-state index is 13.0. The Balaban J connectivity index is 1.65. The number of hydrogen-bond donors (Lipinski definition) is 2. The van der Waals surface area contributed by atoms with Gasteiger partial charge in [0.05, 0.1) is 11.8 Å². The molecule has 130 valence electrons. The summed E-state index contributed by atoms with van der Waals surface area (Å²) in [6, 6.07) is 6.33. The molecule has 1 aromatic carbocycles. The molecule has 26 heavy (non-hydrogen) atoms. The molecule has 4 aromatic rings. The summed E-state index contributed by atoms with van der Waals surface area (Å²) >= 11 is 5.95. The summed E-state index contributed by atoms with van der Waals surface area (Å²) in [5, 5.41) is 3.57. The number of rotatable bonds is 4. The number of aromatic nitrogens is 5. The van der Waals surface area contributed by atoms with Gasteiger partial charge < -0.3 is 10.3 Å². The van der Waals surface area contributed by atoms with Crippen LogP contribution in [0, 0.1) is 12.7 Å². The van der Waals surface area contributed by atoms with Crippen LogP contribution in [0.3, 0.4) is 0 Å². The number of nitrogens with zero attached hydrogens (tertiary/aromatic N) is 4. The molecule has 0 aliphatic heterocycles. The third-order valence-electron chi connectivity index (χ3n) is 3.94. The molecule has 3 aromatic heterocycles. The smallest absolute Gasteiger partial charge is 0.165 e. The highest BCUT2D eigenvalue weighted by Gasteiger charge is 2.13. The summed E-state index contributed by atoms with van der Waals surface area (Å²) < 4.78 is 13.0. The lowest BCUT2D eigenvalue weighted by Crippen LogP contribution is -2.05.